The lowest BCUT2D eigenvalue weighted by Gasteiger charge is -2.20. The van der Waals surface area contributed by atoms with Gasteiger partial charge in [0.25, 0.3) is 0 Å². The van der Waals surface area contributed by atoms with Gasteiger partial charge in [-0.1, -0.05) is 47.5 Å². The molecule has 2 aromatic carbocycles. The van der Waals surface area contributed by atoms with Gasteiger partial charge in [0.15, 0.2) is 4.77 Å². The molecule has 0 atom stereocenters. The molecule has 1 N–H and O–H groups in total. The van der Waals surface area contributed by atoms with E-state index in [0.717, 1.165) is 28.4 Å². The summed E-state index contributed by atoms with van der Waals surface area (Å²) in [4.78, 5) is 3.26. The molecule has 0 unspecified atom stereocenters. The number of hydrogen-bond donors (Lipinski definition) is 1. The molecule has 0 amide bonds. The SMILES string of the molecule is Cc1ccc(-c2[nH]c(=S)n3c2OCc2ccc(Cl)cc2-3)cc1. The summed E-state index contributed by atoms with van der Waals surface area (Å²) in [5, 5.41) is 0.687. The highest BCUT2D eigenvalue weighted by atomic mass is 35.5. The third-order valence-electron chi connectivity index (χ3n) is 3.84. The van der Waals surface area contributed by atoms with Crippen molar-refractivity contribution in [2.75, 3.05) is 0 Å². The van der Waals surface area contributed by atoms with Crippen molar-refractivity contribution in [2.45, 2.75) is 13.5 Å². The lowest BCUT2D eigenvalue weighted by atomic mass is 10.1. The summed E-state index contributed by atoms with van der Waals surface area (Å²) in [6, 6.07) is 14.0. The molecule has 4 rings (SSSR count). The van der Waals surface area contributed by atoms with Crippen molar-refractivity contribution in [3.05, 3.63) is 63.4 Å². The minimum absolute atomic E-state index is 0.512. The number of imidazole rings is 1. The standard InChI is InChI=1S/C17H13ClN2OS/c1-10-2-4-11(5-3-10)15-16-20(17(22)19-15)14-8-13(18)7-6-12(14)9-21-16/h2-8H,9H2,1H3,(H,19,22). The number of aromatic amines is 1. The molecule has 1 aliphatic rings. The fourth-order valence-corrected chi connectivity index (χ4v) is 3.15. The summed E-state index contributed by atoms with van der Waals surface area (Å²) < 4.78 is 8.47. The Morgan fingerprint density at radius 1 is 1.18 bits per heavy atom. The number of fused-ring (bicyclic) bond motifs is 3. The topological polar surface area (TPSA) is 29.9 Å². The molecule has 0 radical (unpaired) electrons. The van der Waals surface area contributed by atoms with Crippen molar-refractivity contribution in [3.63, 3.8) is 0 Å². The Morgan fingerprint density at radius 2 is 1.95 bits per heavy atom. The molecule has 0 saturated heterocycles. The third kappa shape index (κ3) is 2.07. The van der Waals surface area contributed by atoms with Crippen LogP contribution in [-0.4, -0.2) is 9.55 Å². The van der Waals surface area contributed by atoms with E-state index in [0.29, 0.717) is 16.4 Å². The molecule has 0 spiro atoms. The first-order chi connectivity index (χ1) is 10.6. The molecule has 0 saturated carbocycles. The van der Waals surface area contributed by atoms with Crippen LogP contribution in [0.1, 0.15) is 11.1 Å². The van der Waals surface area contributed by atoms with Gasteiger partial charge in [0.05, 0.1) is 5.69 Å². The monoisotopic (exact) mass is 328 g/mol. The summed E-state index contributed by atoms with van der Waals surface area (Å²) in [7, 11) is 0. The van der Waals surface area contributed by atoms with Crippen LogP contribution in [0, 0.1) is 11.7 Å². The van der Waals surface area contributed by atoms with Gasteiger partial charge in [-0.25, -0.2) is 0 Å². The average Bonchev–Trinajstić information content (AvgIpc) is 2.85. The predicted molar refractivity (Wildman–Crippen MR) is 90.5 cm³/mol. The first-order valence-corrected chi connectivity index (χ1v) is 7.76. The number of aryl methyl sites for hydroxylation is 1. The van der Waals surface area contributed by atoms with E-state index in [9.17, 15) is 0 Å². The van der Waals surface area contributed by atoms with Crippen LogP contribution >= 0.6 is 23.8 Å². The molecular weight excluding hydrogens is 316 g/mol. The zero-order chi connectivity index (χ0) is 15.3. The maximum atomic E-state index is 6.14. The van der Waals surface area contributed by atoms with Gasteiger partial charge < -0.3 is 9.72 Å². The van der Waals surface area contributed by atoms with Crippen LogP contribution in [0.3, 0.4) is 0 Å². The largest absolute Gasteiger partial charge is 0.472 e. The van der Waals surface area contributed by atoms with E-state index in [4.69, 9.17) is 28.6 Å². The summed E-state index contributed by atoms with van der Waals surface area (Å²) in [6.07, 6.45) is 0. The first kappa shape index (κ1) is 13.6. The molecule has 3 nitrogen and oxygen atoms in total. The smallest absolute Gasteiger partial charge is 0.225 e. The molecule has 0 aliphatic carbocycles. The zero-order valence-corrected chi connectivity index (χ0v) is 13.5. The van der Waals surface area contributed by atoms with Crippen LogP contribution in [0.4, 0.5) is 0 Å². The Bertz CT molecular complexity index is 925. The molecule has 1 aromatic heterocycles. The number of rotatable bonds is 1. The molecule has 2 heterocycles. The van der Waals surface area contributed by atoms with E-state index < -0.39 is 0 Å². The van der Waals surface area contributed by atoms with Crippen LogP contribution in [0.25, 0.3) is 16.9 Å². The second-order valence-electron chi connectivity index (χ2n) is 5.37. The average molecular weight is 329 g/mol. The van der Waals surface area contributed by atoms with E-state index in [-0.39, 0.29) is 0 Å². The quantitative estimate of drug-likeness (QED) is 0.633. The van der Waals surface area contributed by atoms with Crippen LogP contribution in [0.5, 0.6) is 5.88 Å². The number of halogens is 1. The molecule has 110 valence electrons. The first-order valence-electron chi connectivity index (χ1n) is 6.97. The Balaban J connectivity index is 1.95. The van der Waals surface area contributed by atoms with Crippen LogP contribution in [0.15, 0.2) is 42.5 Å². The highest BCUT2D eigenvalue weighted by molar-refractivity contribution is 7.71. The van der Waals surface area contributed by atoms with Crippen molar-refractivity contribution in [1.29, 1.82) is 0 Å². The van der Waals surface area contributed by atoms with Gasteiger partial charge in [0.1, 0.15) is 12.3 Å². The van der Waals surface area contributed by atoms with Crippen LogP contribution in [-0.2, 0) is 6.61 Å². The second kappa shape index (κ2) is 5.00. The normalized spacial score (nSPS) is 12.5. The second-order valence-corrected chi connectivity index (χ2v) is 6.20. The van der Waals surface area contributed by atoms with E-state index in [1.165, 1.54) is 5.56 Å². The lowest BCUT2D eigenvalue weighted by molar-refractivity contribution is 0.277. The zero-order valence-electron chi connectivity index (χ0n) is 11.9. The molecule has 0 fully saturated rings. The van der Waals surface area contributed by atoms with Crippen molar-refractivity contribution in [2.24, 2.45) is 0 Å². The number of nitrogens with one attached hydrogen (secondary N) is 1. The van der Waals surface area contributed by atoms with Gasteiger partial charge >= 0.3 is 0 Å². The number of H-pyrrole nitrogens is 1. The van der Waals surface area contributed by atoms with Gasteiger partial charge in [0, 0.05) is 16.1 Å². The molecule has 5 heteroatoms. The number of benzene rings is 2. The minimum atomic E-state index is 0.512. The highest BCUT2D eigenvalue weighted by Gasteiger charge is 2.23. The van der Waals surface area contributed by atoms with Crippen molar-refractivity contribution in [3.8, 4) is 22.8 Å². The van der Waals surface area contributed by atoms with Gasteiger partial charge in [-0.05, 0) is 31.3 Å². The Hall–Kier alpha value is -2.04. The highest BCUT2D eigenvalue weighted by Crippen LogP contribution is 2.37. The summed E-state index contributed by atoms with van der Waals surface area (Å²) in [5.74, 6) is 0.739. The maximum absolute atomic E-state index is 6.14. The van der Waals surface area contributed by atoms with Gasteiger partial charge in [-0.2, -0.15) is 0 Å². The minimum Gasteiger partial charge on any atom is -0.472 e. The van der Waals surface area contributed by atoms with Gasteiger partial charge in [-0.3, -0.25) is 4.57 Å². The molecule has 0 bridgehead atoms. The van der Waals surface area contributed by atoms with E-state index >= 15 is 0 Å². The summed E-state index contributed by atoms with van der Waals surface area (Å²) in [5.41, 5.74) is 5.22. The maximum Gasteiger partial charge on any atom is 0.225 e. The van der Waals surface area contributed by atoms with Gasteiger partial charge in [0.2, 0.25) is 5.88 Å². The van der Waals surface area contributed by atoms with E-state index in [1.54, 1.807) is 0 Å². The van der Waals surface area contributed by atoms with Crippen molar-refractivity contribution < 1.29 is 4.74 Å². The van der Waals surface area contributed by atoms with Crippen molar-refractivity contribution >= 4 is 23.8 Å². The number of aromatic nitrogens is 2. The molecular formula is C17H13ClN2OS. The number of ether oxygens (including phenoxy) is 1. The van der Waals surface area contributed by atoms with E-state index in [2.05, 4.69) is 36.2 Å². The Labute approximate surface area is 138 Å². The lowest BCUT2D eigenvalue weighted by Crippen LogP contribution is -2.12. The number of nitrogens with zero attached hydrogens (tertiary/aromatic N) is 1. The predicted octanol–water partition coefficient (Wildman–Crippen LogP) is 5.06. The van der Waals surface area contributed by atoms with Crippen LogP contribution in [0.2, 0.25) is 5.02 Å². The van der Waals surface area contributed by atoms with E-state index in [1.807, 2.05) is 22.8 Å². The Kier molecular flexibility index (Phi) is 3.10. The fourth-order valence-electron chi connectivity index (χ4n) is 2.71. The number of hydrogen-bond acceptors (Lipinski definition) is 2. The fraction of sp³-hybridized carbons (Fsp3) is 0.118. The summed E-state index contributed by atoms with van der Waals surface area (Å²) in [6.45, 7) is 2.58. The molecule has 1 aliphatic heterocycles. The molecule has 3 aromatic rings. The van der Waals surface area contributed by atoms with Crippen molar-refractivity contribution in [1.82, 2.24) is 9.55 Å². The Morgan fingerprint density at radius 3 is 2.73 bits per heavy atom. The molecule has 22 heavy (non-hydrogen) atoms. The third-order valence-corrected chi connectivity index (χ3v) is 4.36. The summed E-state index contributed by atoms with van der Waals surface area (Å²) >= 11 is 11.6. The van der Waals surface area contributed by atoms with Gasteiger partial charge in [-0.15, -0.1) is 0 Å². The van der Waals surface area contributed by atoms with Crippen LogP contribution < -0.4 is 4.74 Å².